The van der Waals surface area contributed by atoms with Crippen LogP contribution in [0.1, 0.15) is 12.5 Å². The summed E-state index contributed by atoms with van der Waals surface area (Å²) in [6, 6.07) is 9.43. The van der Waals surface area contributed by atoms with Gasteiger partial charge in [-0.3, -0.25) is 4.79 Å². The Hall–Kier alpha value is -2.74. The maximum absolute atomic E-state index is 12.8. The third kappa shape index (κ3) is 1.28. The minimum Gasteiger partial charge on any atom is -0.445 e. The predicted octanol–water partition coefficient (Wildman–Crippen LogP) is 1.53. The van der Waals surface area contributed by atoms with Crippen molar-refractivity contribution in [2.75, 3.05) is 11.9 Å². The summed E-state index contributed by atoms with van der Waals surface area (Å²) in [5, 5.41) is 9.44. The Morgan fingerprint density at radius 3 is 2.80 bits per heavy atom. The van der Waals surface area contributed by atoms with Crippen LogP contribution in [0.5, 0.6) is 0 Å². The molecule has 2 aliphatic rings. The summed E-state index contributed by atoms with van der Waals surface area (Å²) < 4.78 is 5.30. The van der Waals surface area contributed by atoms with Gasteiger partial charge in [-0.05, 0) is 19.1 Å². The number of hydrogen-bond acceptors (Lipinski definition) is 4. The standard InChI is InChI=1S/C15H13N3O2/c1-9-7-15(11(8-16)13(17)20-9)10-5-3-4-6-12(10)18(2)14(15)19/h3-7H,17H2,1-2H3/t15-/m0/s1. The highest BCUT2D eigenvalue weighted by Gasteiger charge is 2.54. The van der Waals surface area contributed by atoms with Gasteiger partial charge in [-0.15, -0.1) is 0 Å². The molecule has 2 heterocycles. The molecule has 3 rings (SSSR count). The Kier molecular flexibility index (Phi) is 2.38. The highest BCUT2D eigenvalue weighted by atomic mass is 16.5. The van der Waals surface area contributed by atoms with E-state index < -0.39 is 5.41 Å². The maximum Gasteiger partial charge on any atom is 0.246 e. The average Bonchev–Trinajstić information content (AvgIpc) is 2.63. The van der Waals surface area contributed by atoms with Gasteiger partial charge in [0.25, 0.3) is 0 Å². The SMILES string of the molecule is CC1=C[C@@]2(C(=O)N(C)c3ccccc32)C(C#N)=C(N)O1. The van der Waals surface area contributed by atoms with Crippen LogP contribution < -0.4 is 10.6 Å². The number of nitrogens with zero attached hydrogens (tertiary/aromatic N) is 2. The van der Waals surface area contributed by atoms with Crippen LogP contribution in [0.3, 0.4) is 0 Å². The zero-order valence-corrected chi connectivity index (χ0v) is 11.2. The minimum atomic E-state index is -1.16. The Morgan fingerprint density at radius 2 is 2.10 bits per heavy atom. The van der Waals surface area contributed by atoms with Gasteiger partial charge in [-0.2, -0.15) is 5.26 Å². The van der Waals surface area contributed by atoms with E-state index in [0.717, 1.165) is 11.3 Å². The zero-order valence-electron chi connectivity index (χ0n) is 11.2. The molecule has 0 bridgehead atoms. The summed E-state index contributed by atoms with van der Waals surface area (Å²) in [6.07, 6.45) is 1.67. The van der Waals surface area contributed by atoms with E-state index >= 15 is 0 Å². The van der Waals surface area contributed by atoms with Crippen molar-refractivity contribution in [2.24, 2.45) is 5.73 Å². The van der Waals surface area contributed by atoms with Crippen molar-refractivity contribution in [3.8, 4) is 6.07 Å². The minimum absolute atomic E-state index is 0.00838. The molecule has 0 saturated heterocycles. The molecular formula is C15H13N3O2. The smallest absolute Gasteiger partial charge is 0.246 e. The fourth-order valence-corrected chi connectivity index (χ4v) is 2.94. The van der Waals surface area contributed by atoms with Crippen molar-refractivity contribution >= 4 is 11.6 Å². The van der Waals surface area contributed by atoms with Gasteiger partial charge in [0.05, 0.1) is 0 Å². The van der Waals surface area contributed by atoms with Crippen LogP contribution >= 0.6 is 0 Å². The Morgan fingerprint density at radius 1 is 1.40 bits per heavy atom. The number of para-hydroxylation sites is 1. The molecule has 5 nitrogen and oxygen atoms in total. The van der Waals surface area contributed by atoms with Crippen molar-refractivity contribution in [1.82, 2.24) is 0 Å². The van der Waals surface area contributed by atoms with Crippen molar-refractivity contribution in [2.45, 2.75) is 12.3 Å². The Balaban J connectivity index is 2.39. The second kappa shape index (κ2) is 3.87. The second-order valence-electron chi connectivity index (χ2n) is 4.90. The number of benzene rings is 1. The van der Waals surface area contributed by atoms with Crippen LogP contribution in [-0.2, 0) is 14.9 Å². The molecule has 0 fully saturated rings. The molecule has 1 atom stereocenters. The maximum atomic E-state index is 12.8. The van der Waals surface area contributed by atoms with Crippen LogP contribution in [0.25, 0.3) is 0 Å². The fraction of sp³-hybridized carbons (Fsp3) is 0.200. The molecule has 1 amide bonds. The lowest BCUT2D eigenvalue weighted by molar-refractivity contribution is -0.120. The fourth-order valence-electron chi connectivity index (χ4n) is 2.94. The highest BCUT2D eigenvalue weighted by Crippen LogP contribution is 2.49. The van der Waals surface area contributed by atoms with Crippen LogP contribution in [0.2, 0.25) is 0 Å². The number of rotatable bonds is 0. The molecule has 0 saturated carbocycles. The van der Waals surface area contributed by atoms with Gasteiger partial charge in [-0.1, -0.05) is 18.2 Å². The van der Waals surface area contributed by atoms with Crippen molar-refractivity contribution < 1.29 is 9.53 Å². The normalized spacial score (nSPS) is 24.4. The van der Waals surface area contributed by atoms with Gasteiger partial charge in [0.1, 0.15) is 22.8 Å². The van der Waals surface area contributed by atoms with Gasteiger partial charge in [0.15, 0.2) is 0 Å². The third-order valence-electron chi connectivity index (χ3n) is 3.78. The topological polar surface area (TPSA) is 79.4 Å². The first kappa shape index (κ1) is 12.3. The molecule has 0 radical (unpaired) electrons. The lowest BCUT2D eigenvalue weighted by Gasteiger charge is -2.29. The number of anilines is 1. The van der Waals surface area contributed by atoms with Crippen LogP contribution in [0, 0.1) is 11.3 Å². The van der Waals surface area contributed by atoms with Crippen molar-refractivity contribution in [1.29, 1.82) is 5.26 Å². The van der Waals surface area contributed by atoms with Gasteiger partial charge in [0.2, 0.25) is 11.8 Å². The quantitative estimate of drug-likeness (QED) is 0.773. The molecule has 2 N–H and O–H groups in total. The number of allylic oxidation sites excluding steroid dienone is 1. The van der Waals surface area contributed by atoms with E-state index in [9.17, 15) is 10.1 Å². The lowest BCUT2D eigenvalue weighted by Crippen LogP contribution is -2.41. The van der Waals surface area contributed by atoms with E-state index in [1.54, 1.807) is 24.9 Å². The highest BCUT2D eigenvalue weighted by molar-refractivity contribution is 6.12. The Bertz CT molecular complexity index is 727. The summed E-state index contributed by atoms with van der Waals surface area (Å²) in [4.78, 5) is 14.3. The first-order chi connectivity index (χ1) is 9.52. The van der Waals surface area contributed by atoms with E-state index in [4.69, 9.17) is 10.5 Å². The molecule has 20 heavy (non-hydrogen) atoms. The zero-order chi connectivity index (χ0) is 14.5. The van der Waals surface area contributed by atoms with Gasteiger partial charge >= 0.3 is 0 Å². The number of fused-ring (bicyclic) bond motifs is 2. The number of carbonyl (C=O) groups excluding carboxylic acids is 1. The lowest BCUT2D eigenvalue weighted by atomic mass is 9.74. The molecular weight excluding hydrogens is 254 g/mol. The van der Waals surface area contributed by atoms with E-state index in [-0.39, 0.29) is 17.4 Å². The molecule has 2 aliphatic heterocycles. The molecule has 0 unspecified atom stereocenters. The summed E-state index contributed by atoms with van der Waals surface area (Å²) in [7, 11) is 1.69. The summed E-state index contributed by atoms with van der Waals surface area (Å²) >= 11 is 0. The number of nitrogens with two attached hydrogens (primary N) is 1. The largest absolute Gasteiger partial charge is 0.445 e. The monoisotopic (exact) mass is 267 g/mol. The number of likely N-dealkylation sites (N-methyl/N-ethyl adjacent to an activating group) is 1. The summed E-state index contributed by atoms with van der Waals surface area (Å²) in [5.74, 6) is 0.312. The van der Waals surface area contributed by atoms with Crippen LogP contribution in [0.15, 0.2) is 47.6 Å². The van der Waals surface area contributed by atoms with Gasteiger partial charge in [-0.25, -0.2) is 0 Å². The molecule has 1 aromatic carbocycles. The summed E-state index contributed by atoms with van der Waals surface area (Å²) in [6.45, 7) is 1.72. The number of hydrogen-bond donors (Lipinski definition) is 1. The number of nitriles is 1. The number of ether oxygens (including phenoxy) is 1. The second-order valence-corrected chi connectivity index (χ2v) is 4.90. The molecule has 5 heteroatoms. The average molecular weight is 267 g/mol. The molecule has 100 valence electrons. The molecule has 1 aromatic rings. The van der Waals surface area contributed by atoms with Crippen LogP contribution in [0.4, 0.5) is 5.69 Å². The van der Waals surface area contributed by atoms with Crippen molar-refractivity contribution in [3.05, 3.63) is 53.1 Å². The molecule has 0 aromatic heterocycles. The first-order valence-corrected chi connectivity index (χ1v) is 6.17. The van der Waals surface area contributed by atoms with E-state index in [0.29, 0.717) is 5.76 Å². The molecule has 1 spiro atoms. The Labute approximate surface area is 116 Å². The van der Waals surface area contributed by atoms with Gasteiger partial charge < -0.3 is 15.4 Å². The van der Waals surface area contributed by atoms with E-state index in [2.05, 4.69) is 0 Å². The van der Waals surface area contributed by atoms with Gasteiger partial charge in [0, 0.05) is 18.3 Å². The third-order valence-corrected chi connectivity index (χ3v) is 3.78. The van der Waals surface area contributed by atoms with E-state index in [1.165, 1.54) is 0 Å². The number of carbonyl (C=O) groups is 1. The molecule has 0 aliphatic carbocycles. The summed E-state index contributed by atoms with van der Waals surface area (Å²) in [5.41, 5.74) is 6.35. The predicted molar refractivity (Wildman–Crippen MR) is 73.2 cm³/mol. The van der Waals surface area contributed by atoms with E-state index in [1.807, 2.05) is 30.3 Å². The van der Waals surface area contributed by atoms with Crippen LogP contribution in [-0.4, -0.2) is 13.0 Å². The first-order valence-electron chi connectivity index (χ1n) is 6.17. The number of amides is 1. The van der Waals surface area contributed by atoms with Crippen molar-refractivity contribution in [3.63, 3.8) is 0 Å².